The number of nitrogens with zero attached hydrogens (tertiary/aromatic N) is 1. The molecule has 1 rings (SSSR count). The van der Waals surface area contributed by atoms with Crippen LogP contribution < -0.4 is 0 Å². The smallest absolute Gasteiger partial charge is 0.310 e. The van der Waals surface area contributed by atoms with Crippen molar-refractivity contribution in [2.75, 3.05) is 0 Å². The zero-order chi connectivity index (χ0) is 13.2. The Kier molecular flexibility index (Phi) is 7.07. The number of carboxylic acids is 1. The first kappa shape index (κ1) is 14.7. The lowest BCUT2D eigenvalue weighted by atomic mass is 9.94. The van der Waals surface area contributed by atoms with Crippen molar-refractivity contribution in [1.29, 1.82) is 0 Å². The van der Waals surface area contributed by atoms with Crippen LogP contribution in [0.3, 0.4) is 0 Å². The summed E-state index contributed by atoms with van der Waals surface area (Å²) in [5, 5.41) is 9.25. The number of carboxylic acid groups (broad SMARTS) is 1. The summed E-state index contributed by atoms with van der Waals surface area (Å²) in [5.74, 6) is -1.10. The van der Waals surface area contributed by atoms with Gasteiger partial charge < -0.3 is 5.11 Å². The first-order valence-electron chi connectivity index (χ1n) is 6.88. The summed E-state index contributed by atoms with van der Waals surface area (Å²) in [6.45, 7) is 2.20. The van der Waals surface area contributed by atoms with Crippen LogP contribution in [-0.4, -0.2) is 16.1 Å². The van der Waals surface area contributed by atoms with Gasteiger partial charge in [0.25, 0.3) is 0 Å². The van der Waals surface area contributed by atoms with Gasteiger partial charge in [0, 0.05) is 12.4 Å². The van der Waals surface area contributed by atoms with Gasteiger partial charge in [-0.15, -0.1) is 0 Å². The van der Waals surface area contributed by atoms with Crippen LogP contribution in [0.1, 0.15) is 63.4 Å². The fraction of sp³-hybridized carbons (Fsp3) is 0.600. The number of unbranched alkanes of at least 4 members (excludes halogenated alkanes) is 5. The molecule has 0 spiro atoms. The SMILES string of the molecule is CCCCCCCCC(C(=O)O)c1ccncc1. The molecule has 18 heavy (non-hydrogen) atoms. The average Bonchev–Trinajstić information content (AvgIpc) is 2.38. The number of pyridine rings is 1. The molecule has 1 aromatic heterocycles. The molecule has 1 atom stereocenters. The number of rotatable bonds is 9. The van der Waals surface area contributed by atoms with Crippen molar-refractivity contribution in [2.45, 2.75) is 57.8 Å². The Labute approximate surface area is 109 Å². The molecule has 1 aromatic rings. The summed E-state index contributed by atoms with van der Waals surface area (Å²) in [6, 6.07) is 3.60. The first-order chi connectivity index (χ1) is 8.75. The van der Waals surface area contributed by atoms with Crippen molar-refractivity contribution in [3.63, 3.8) is 0 Å². The van der Waals surface area contributed by atoms with Crippen molar-refractivity contribution in [2.24, 2.45) is 0 Å². The van der Waals surface area contributed by atoms with Gasteiger partial charge >= 0.3 is 5.97 Å². The van der Waals surface area contributed by atoms with Crippen LogP contribution in [0.2, 0.25) is 0 Å². The Hall–Kier alpha value is -1.38. The van der Waals surface area contributed by atoms with Crippen LogP contribution in [0.25, 0.3) is 0 Å². The van der Waals surface area contributed by atoms with Gasteiger partial charge in [-0.25, -0.2) is 0 Å². The van der Waals surface area contributed by atoms with Crippen LogP contribution in [0.4, 0.5) is 0 Å². The number of aliphatic carboxylic acids is 1. The Balaban J connectivity index is 2.34. The molecular formula is C15H23NO2. The summed E-state index contributed by atoms with van der Waals surface area (Å²) in [7, 11) is 0. The van der Waals surface area contributed by atoms with Gasteiger partial charge in [-0.05, 0) is 24.1 Å². The van der Waals surface area contributed by atoms with Gasteiger partial charge in [0.1, 0.15) is 0 Å². The van der Waals surface area contributed by atoms with Gasteiger partial charge in [-0.1, -0.05) is 45.4 Å². The maximum Gasteiger partial charge on any atom is 0.310 e. The molecule has 1 unspecified atom stereocenters. The molecule has 100 valence electrons. The second-order valence-electron chi connectivity index (χ2n) is 4.73. The Morgan fingerprint density at radius 1 is 1.17 bits per heavy atom. The largest absolute Gasteiger partial charge is 0.481 e. The molecule has 3 heteroatoms. The zero-order valence-corrected chi connectivity index (χ0v) is 11.1. The number of aromatic nitrogens is 1. The van der Waals surface area contributed by atoms with E-state index in [-0.39, 0.29) is 5.92 Å². The van der Waals surface area contributed by atoms with Gasteiger partial charge in [0.05, 0.1) is 5.92 Å². The van der Waals surface area contributed by atoms with Crippen molar-refractivity contribution in [1.82, 2.24) is 4.98 Å². The van der Waals surface area contributed by atoms with Crippen molar-refractivity contribution in [3.8, 4) is 0 Å². The normalized spacial score (nSPS) is 12.3. The maximum absolute atomic E-state index is 11.2. The topological polar surface area (TPSA) is 50.2 Å². The summed E-state index contributed by atoms with van der Waals surface area (Å²) in [4.78, 5) is 15.2. The lowest BCUT2D eigenvalue weighted by molar-refractivity contribution is -0.139. The number of hydrogen-bond donors (Lipinski definition) is 1. The summed E-state index contributed by atoms with van der Waals surface area (Å²) in [5.41, 5.74) is 0.867. The predicted molar refractivity (Wildman–Crippen MR) is 72.6 cm³/mol. The number of hydrogen-bond acceptors (Lipinski definition) is 2. The highest BCUT2D eigenvalue weighted by molar-refractivity contribution is 5.75. The standard InChI is InChI=1S/C15H23NO2/c1-2-3-4-5-6-7-8-14(15(17)18)13-9-11-16-12-10-13/h9-12,14H,2-8H2,1H3,(H,17,18). The fourth-order valence-corrected chi connectivity index (χ4v) is 2.16. The molecule has 0 saturated carbocycles. The predicted octanol–water partition coefficient (Wildman–Crippen LogP) is 4.00. The van der Waals surface area contributed by atoms with Crippen molar-refractivity contribution >= 4 is 5.97 Å². The molecule has 0 aromatic carbocycles. The molecule has 1 N–H and O–H groups in total. The Bertz CT molecular complexity index is 338. The summed E-state index contributed by atoms with van der Waals surface area (Å²) < 4.78 is 0. The third-order valence-corrected chi connectivity index (χ3v) is 3.25. The zero-order valence-electron chi connectivity index (χ0n) is 11.1. The van der Waals surface area contributed by atoms with Gasteiger partial charge in [0.15, 0.2) is 0 Å². The van der Waals surface area contributed by atoms with E-state index in [4.69, 9.17) is 0 Å². The van der Waals surface area contributed by atoms with E-state index in [1.165, 1.54) is 25.7 Å². The minimum Gasteiger partial charge on any atom is -0.481 e. The highest BCUT2D eigenvalue weighted by Gasteiger charge is 2.18. The van der Waals surface area contributed by atoms with Crippen molar-refractivity contribution in [3.05, 3.63) is 30.1 Å². The highest BCUT2D eigenvalue weighted by Crippen LogP contribution is 2.22. The van der Waals surface area contributed by atoms with E-state index in [0.717, 1.165) is 24.8 Å². The van der Waals surface area contributed by atoms with Crippen LogP contribution in [0, 0.1) is 0 Å². The lowest BCUT2D eigenvalue weighted by Gasteiger charge is -2.12. The van der Waals surface area contributed by atoms with Crippen molar-refractivity contribution < 1.29 is 9.90 Å². The van der Waals surface area contributed by atoms with Gasteiger partial charge in [-0.3, -0.25) is 9.78 Å². The molecule has 0 bridgehead atoms. The lowest BCUT2D eigenvalue weighted by Crippen LogP contribution is -2.11. The van der Waals surface area contributed by atoms with Gasteiger partial charge in [0.2, 0.25) is 0 Å². The van der Waals surface area contributed by atoms with E-state index in [0.29, 0.717) is 0 Å². The second-order valence-corrected chi connectivity index (χ2v) is 4.73. The van der Waals surface area contributed by atoms with E-state index in [2.05, 4.69) is 11.9 Å². The minimum atomic E-state index is -0.727. The van der Waals surface area contributed by atoms with Crippen LogP contribution in [-0.2, 0) is 4.79 Å². The summed E-state index contributed by atoms with van der Waals surface area (Å²) >= 11 is 0. The van der Waals surface area contributed by atoms with Crippen LogP contribution >= 0.6 is 0 Å². The fourth-order valence-electron chi connectivity index (χ4n) is 2.16. The molecule has 0 aliphatic heterocycles. The molecular weight excluding hydrogens is 226 g/mol. The summed E-state index contributed by atoms with van der Waals surface area (Å²) in [6.07, 6.45) is 11.2. The molecule has 0 fully saturated rings. The monoisotopic (exact) mass is 249 g/mol. The molecule has 0 amide bonds. The molecule has 3 nitrogen and oxygen atoms in total. The molecule has 0 aliphatic carbocycles. The van der Waals surface area contributed by atoms with Crippen LogP contribution in [0.15, 0.2) is 24.5 Å². The second kappa shape index (κ2) is 8.67. The molecule has 0 aliphatic rings. The van der Waals surface area contributed by atoms with Gasteiger partial charge in [-0.2, -0.15) is 0 Å². The third-order valence-electron chi connectivity index (χ3n) is 3.25. The van der Waals surface area contributed by atoms with E-state index in [1.54, 1.807) is 24.5 Å². The average molecular weight is 249 g/mol. The Morgan fingerprint density at radius 2 is 1.78 bits per heavy atom. The quantitative estimate of drug-likeness (QED) is 0.673. The minimum absolute atomic E-state index is 0.376. The maximum atomic E-state index is 11.2. The van der Waals surface area contributed by atoms with E-state index in [1.807, 2.05) is 0 Å². The highest BCUT2D eigenvalue weighted by atomic mass is 16.4. The first-order valence-corrected chi connectivity index (χ1v) is 6.88. The van der Waals surface area contributed by atoms with Crippen LogP contribution in [0.5, 0.6) is 0 Å². The molecule has 1 heterocycles. The van der Waals surface area contributed by atoms with E-state index < -0.39 is 5.97 Å². The molecule has 0 saturated heterocycles. The number of carbonyl (C=O) groups is 1. The van der Waals surface area contributed by atoms with E-state index >= 15 is 0 Å². The van der Waals surface area contributed by atoms with E-state index in [9.17, 15) is 9.90 Å². The third kappa shape index (κ3) is 5.30. The molecule has 0 radical (unpaired) electrons. The Morgan fingerprint density at radius 3 is 2.39 bits per heavy atom.